The molecule has 1 saturated heterocycles. The van der Waals surface area contributed by atoms with Gasteiger partial charge in [-0.2, -0.15) is 0 Å². The Morgan fingerprint density at radius 1 is 1.24 bits per heavy atom. The molecule has 25 heavy (non-hydrogen) atoms. The van der Waals surface area contributed by atoms with Crippen molar-refractivity contribution in [3.63, 3.8) is 0 Å². The van der Waals surface area contributed by atoms with Gasteiger partial charge in [0.15, 0.2) is 9.84 Å². The molecule has 0 radical (unpaired) electrons. The maximum Gasteiger partial charge on any atom is 0.270 e. The van der Waals surface area contributed by atoms with Crippen molar-refractivity contribution in [2.24, 2.45) is 5.92 Å². The maximum atomic E-state index is 13.8. The van der Waals surface area contributed by atoms with Crippen LogP contribution in [0.4, 0.5) is 4.39 Å². The Hall–Kier alpha value is -2.06. The van der Waals surface area contributed by atoms with E-state index < -0.39 is 15.7 Å². The average molecular weight is 365 g/mol. The number of H-pyrrole nitrogens is 1. The first-order valence-electron chi connectivity index (χ1n) is 8.18. The molecule has 1 N–H and O–H groups in total. The minimum Gasteiger partial charge on any atom is -0.326 e. The van der Waals surface area contributed by atoms with Crippen molar-refractivity contribution in [3.05, 3.63) is 58.5 Å². The number of piperidine rings is 1. The van der Waals surface area contributed by atoms with Crippen molar-refractivity contribution < 1.29 is 12.8 Å². The Morgan fingerprint density at radius 2 is 1.96 bits per heavy atom. The minimum absolute atomic E-state index is 0.0112. The largest absolute Gasteiger partial charge is 0.326 e. The van der Waals surface area contributed by atoms with Gasteiger partial charge >= 0.3 is 0 Å². The molecule has 1 aromatic heterocycles. The fourth-order valence-electron chi connectivity index (χ4n) is 3.11. The Morgan fingerprint density at radius 3 is 2.64 bits per heavy atom. The molecule has 1 aliphatic heterocycles. The van der Waals surface area contributed by atoms with Crippen LogP contribution in [-0.4, -0.2) is 42.1 Å². The SMILES string of the molecule is O=c1[nH]ccnc1CN1CCC(CS(=O)(=O)c2ccccc2F)CC1. The molecular weight excluding hydrogens is 345 g/mol. The molecule has 1 aromatic carbocycles. The molecule has 0 unspecified atom stereocenters. The molecule has 6 nitrogen and oxygen atoms in total. The Kier molecular flexibility index (Phi) is 5.29. The number of nitrogens with one attached hydrogen (secondary N) is 1. The van der Waals surface area contributed by atoms with E-state index in [-0.39, 0.29) is 22.1 Å². The van der Waals surface area contributed by atoms with Crippen LogP contribution in [0.15, 0.2) is 46.3 Å². The van der Waals surface area contributed by atoms with Gasteiger partial charge in [-0.1, -0.05) is 12.1 Å². The number of hydrogen-bond acceptors (Lipinski definition) is 5. The number of aromatic amines is 1. The molecule has 0 spiro atoms. The van der Waals surface area contributed by atoms with Crippen LogP contribution < -0.4 is 5.56 Å². The molecular formula is C17H20FN3O3S. The van der Waals surface area contributed by atoms with E-state index in [1.165, 1.54) is 30.5 Å². The van der Waals surface area contributed by atoms with E-state index in [1.54, 1.807) is 6.20 Å². The summed E-state index contributed by atoms with van der Waals surface area (Å²) in [5, 5.41) is 0. The zero-order valence-electron chi connectivity index (χ0n) is 13.7. The number of halogens is 1. The van der Waals surface area contributed by atoms with Crippen molar-refractivity contribution in [3.8, 4) is 0 Å². The number of sulfone groups is 1. The van der Waals surface area contributed by atoms with Gasteiger partial charge in [-0.25, -0.2) is 12.8 Å². The zero-order valence-corrected chi connectivity index (χ0v) is 14.5. The molecule has 8 heteroatoms. The standard InChI is InChI=1S/C17H20FN3O3S/c18-14-3-1-2-4-16(14)25(23,24)12-13-5-9-21(10-6-13)11-15-17(22)20-8-7-19-15/h1-4,7-8,13H,5-6,9-12H2,(H,20,22). The number of hydrogen-bond donors (Lipinski definition) is 1. The third-order valence-electron chi connectivity index (χ3n) is 4.49. The highest BCUT2D eigenvalue weighted by atomic mass is 32.2. The van der Waals surface area contributed by atoms with E-state index in [2.05, 4.69) is 14.9 Å². The first-order valence-corrected chi connectivity index (χ1v) is 9.83. The maximum absolute atomic E-state index is 13.8. The summed E-state index contributed by atoms with van der Waals surface area (Å²) < 4.78 is 38.6. The second kappa shape index (κ2) is 7.45. The normalized spacial score (nSPS) is 16.8. The predicted octanol–water partition coefficient (Wildman–Crippen LogP) is 1.59. The zero-order chi connectivity index (χ0) is 17.9. The number of rotatable bonds is 5. The molecule has 2 aromatic rings. The van der Waals surface area contributed by atoms with Crippen LogP contribution in [0.25, 0.3) is 0 Å². The lowest BCUT2D eigenvalue weighted by Crippen LogP contribution is -2.37. The second-order valence-electron chi connectivity index (χ2n) is 6.30. The fourth-order valence-corrected chi connectivity index (χ4v) is 4.90. The van der Waals surface area contributed by atoms with Gasteiger partial charge in [-0.05, 0) is 44.0 Å². The minimum atomic E-state index is -3.63. The van der Waals surface area contributed by atoms with Gasteiger partial charge in [-0.3, -0.25) is 14.7 Å². The summed E-state index contributed by atoms with van der Waals surface area (Å²) in [4.78, 5) is 20.2. The van der Waals surface area contributed by atoms with Crippen LogP contribution in [0.1, 0.15) is 18.5 Å². The molecule has 0 saturated carbocycles. The Balaban J connectivity index is 1.59. The van der Waals surface area contributed by atoms with Gasteiger partial charge < -0.3 is 4.98 Å². The van der Waals surface area contributed by atoms with E-state index in [0.717, 1.165) is 0 Å². The number of likely N-dealkylation sites (tertiary alicyclic amines) is 1. The number of benzene rings is 1. The summed E-state index contributed by atoms with van der Waals surface area (Å²) in [7, 11) is -3.63. The quantitative estimate of drug-likeness (QED) is 0.870. The molecule has 0 amide bonds. The monoisotopic (exact) mass is 365 g/mol. The van der Waals surface area contributed by atoms with E-state index >= 15 is 0 Å². The smallest absolute Gasteiger partial charge is 0.270 e. The lowest BCUT2D eigenvalue weighted by Gasteiger charge is -2.31. The van der Waals surface area contributed by atoms with Crippen LogP contribution >= 0.6 is 0 Å². The van der Waals surface area contributed by atoms with Gasteiger partial charge in [0.1, 0.15) is 16.4 Å². The van der Waals surface area contributed by atoms with Crippen LogP contribution in [0.5, 0.6) is 0 Å². The average Bonchev–Trinajstić information content (AvgIpc) is 2.58. The molecule has 0 atom stereocenters. The van der Waals surface area contributed by atoms with Gasteiger partial charge in [0, 0.05) is 18.9 Å². The molecule has 1 fully saturated rings. The molecule has 134 valence electrons. The van der Waals surface area contributed by atoms with Gasteiger partial charge in [0.25, 0.3) is 5.56 Å². The summed E-state index contributed by atoms with van der Waals surface area (Å²) in [6.07, 6.45) is 4.42. The summed E-state index contributed by atoms with van der Waals surface area (Å²) in [6, 6.07) is 5.49. The third-order valence-corrected chi connectivity index (χ3v) is 6.40. The number of nitrogens with zero attached hydrogens (tertiary/aromatic N) is 2. The Bertz CT molecular complexity index is 890. The van der Waals surface area contributed by atoms with Gasteiger partial charge in [0.05, 0.1) is 5.75 Å². The van der Waals surface area contributed by atoms with Crippen LogP contribution in [-0.2, 0) is 16.4 Å². The predicted molar refractivity (Wildman–Crippen MR) is 91.3 cm³/mol. The van der Waals surface area contributed by atoms with E-state index in [9.17, 15) is 17.6 Å². The van der Waals surface area contributed by atoms with E-state index in [0.29, 0.717) is 38.2 Å². The van der Waals surface area contributed by atoms with Crippen LogP contribution in [0, 0.1) is 11.7 Å². The third kappa shape index (κ3) is 4.32. The molecule has 2 heterocycles. The van der Waals surface area contributed by atoms with E-state index in [4.69, 9.17) is 0 Å². The molecule has 0 bridgehead atoms. The second-order valence-corrected chi connectivity index (χ2v) is 8.30. The number of aromatic nitrogens is 2. The van der Waals surface area contributed by atoms with Crippen molar-refractivity contribution in [1.82, 2.24) is 14.9 Å². The van der Waals surface area contributed by atoms with Crippen LogP contribution in [0.2, 0.25) is 0 Å². The first kappa shape index (κ1) is 17.8. The van der Waals surface area contributed by atoms with Gasteiger partial charge in [-0.15, -0.1) is 0 Å². The van der Waals surface area contributed by atoms with Crippen molar-refractivity contribution >= 4 is 9.84 Å². The van der Waals surface area contributed by atoms with Crippen molar-refractivity contribution in [1.29, 1.82) is 0 Å². The first-order chi connectivity index (χ1) is 12.0. The highest BCUT2D eigenvalue weighted by Gasteiger charge is 2.27. The van der Waals surface area contributed by atoms with Crippen molar-refractivity contribution in [2.75, 3.05) is 18.8 Å². The lowest BCUT2D eigenvalue weighted by molar-refractivity contribution is 0.183. The fraction of sp³-hybridized carbons (Fsp3) is 0.412. The van der Waals surface area contributed by atoms with Gasteiger partial charge in [0.2, 0.25) is 0 Å². The lowest BCUT2D eigenvalue weighted by atomic mass is 9.99. The highest BCUT2D eigenvalue weighted by Crippen LogP contribution is 2.24. The highest BCUT2D eigenvalue weighted by molar-refractivity contribution is 7.91. The molecule has 0 aliphatic carbocycles. The summed E-state index contributed by atoms with van der Waals surface area (Å²) in [5.74, 6) is -0.761. The Labute approximate surface area is 145 Å². The summed E-state index contributed by atoms with van der Waals surface area (Å²) in [6.45, 7) is 1.82. The topological polar surface area (TPSA) is 83.1 Å². The molecule has 3 rings (SSSR count). The summed E-state index contributed by atoms with van der Waals surface area (Å²) in [5.41, 5.74) is 0.256. The van der Waals surface area contributed by atoms with Crippen molar-refractivity contribution in [2.45, 2.75) is 24.3 Å². The van der Waals surface area contributed by atoms with E-state index in [1.807, 2.05) is 0 Å². The summed E-state index contributed by atoms with van der Waals surface area (Å²) >= 11 is 0. The van der Waals surface area contributed by atoms with Crippen LogP contribution in [0.3, 0.4) is 0 Å². The molecule has 1 aliphatic rings.